The van der Waals surface area contributed by atoms with Crippen LogP contribution in [0.5, 0.6) is 0 Å². The molecule has 0 atom stereocenters. The summed E-state index contributed by atoms with van der Waals surface area (Å²) in [6, 6.07) is 0. The number of ether oxygens (including phenoxy) is 1. The van der Waals surface area contributed by atoms with Crippen LogP contribution in [-0.2, 0) is 11.3 Å². The van der Waals surface area contributed by atoms with Gasteiger partial charge < -0.3 is 14.7 Å². The van der Waals surface area contributed by atoms with Gasteiger partial charge in [-0.05, 0) is 6.92 Å². The molecule has 1 N–H and O–H groups in total. The van der Waals surface area contributed by atoms with E-state index in [1.54, 1.807) is 19.5 Å². The number of likely N-dealkylation sites (N-methyl/N-ethyl adjacent to an activating group) is 1. The molecule has 0 saturated heterocycles. The third-order valence-corrected chi connectivity index (χ3v) is 2.12. The Balaban J connectivity index is 2.65. The van der Waals surface area contributed by atoms with E-state index in [1.807, 2.05) is 0 Å². The lowest BCUT2D eigenvalue weighted by atomic mass is 10.4. The van der Waals surface area contributed by atoms with Crippen LogP contribution in [0.2, 0.25) is 0 Å². The molecule has 1 aromatic rings. The first-order chi connectivity index (χ1) is 7.31. The van der Waals surface area contributed by atoms with E-state index in [-0.39, 0.29) is 6.61 Å². The number of aromatic nitrogens is 2. The Morgan fingerprint density at radius 1 is 1.40 bits per heavy atom. The lowest BCUT2D eigenvalue weighted by molar-refractivity contribution is 0.205. The van der Waals surface area contributed by atoms with Gasteiger partial charge in [0.15, 0.2) is 0 Å². The van der Waals surface area contributed by atoms with Crippen LogP contribution in [0.4, 0.5) is 5.82 Å². The molecule has 0 aromatic carbocycles. The van der Waals surface area contributed by atoms with Gasteiger partial charge in [0.25, 0.3) is 0 Å². The third-order valence-electron chi connectivity index (χ3n) is 2.12. The van der Waals surface area contributed by atoms with Crippen molar-refractivity contribution >= 4 is 5.82 Å². The molecule has 1 rings (SSSR count). The zero-order valence-electron chi connectivity index (χ0n) is 9.18. The fourth-order valence-electron chi connectivity index (χ4n) is 1.23. The van der Waals surface area contributed by atoms with Gasteiger partial charge in [0.1, 0.15) is 5.82 Å². The molecule has 0 spiro atoms. The molecule has 0 amide bonds. The van der Waals surface area contributed by atoms with Crippen LogP contribution in [0.1, 0.15) is 12.6 Å². The van der Waals surface area contributed by atoms with Gasteiger partial charge in [-0.3, -0.25) is 4.98 Å². The van der Waals surface area contributed by atoms with E-state index in [9.17, 15) is 0 Å². The topological polar surface area (TPSA) is 58.5 Å². The standard InChI is InChI=1S/C10H17N3O2/c1-3-13(4-5-15-2)10-7-11-9(8-14)6-12-10/h6-7,14H,3-5,8H2,1-2H3. The van der Waals surface area contributed by atoms with Crippen LogP contribution in [0, 0.1) is 0 Å². The summed E-state index contributed by atoms with van der Waals surface area (Å²) in [7, 11) is 1.67. The molecule has 0 saturated carbocycles. The van der Waals surface area contributed by atoms with Crippen LogP contribution in [-0.4, -0.2) is 41.9 Å². The zero-order valence-corrected chi connectivity index (χ0v) is 9.18. The second kappa shape index (κ2) is 6.31. The number of anilines is 1. The normalized spacial score (nSPS) is 10.3. The average molecular weight is 211 g/mol. The molecule has 0 aliphatic carbocycles. The minimum atomic E-state index is -0.0719. The maximum Gasteiger partial charge on any atom is 0.147 e. The van der Waals surface area contributed by atoms with E-state index < -0.39 is 0 Å². The van der Waals surface area contributed by atoms with Gasteiger partial charge in [-0.2, -0.15) is 0 Å². The summed E-state index contributed by atoms with van der Waals surface area (Å²) in [5, 5.41) is 8.83. The molecule has 1 heterocycles. The highest BCUT2D eigenvalue weighted by Crippen LogP contribution is 2.08. The highest BCUT2D eigenvalue weighted by Gasteiger charge is 2.05. The van der Waals surface area contributed by atoms with Crippen molar-refractivity contribution in [3.63, 3.8) is 0 Å². The van der Waals surface area contributed by atoms with E-state index in [4.69, 9.17) is 9.84 Å². The molecule has 5 nitrogen and oxygen atoms in total. The average Bonchev–Trinajstić information content (AvgIpc) is 2.31. The van der Waals surface area contributed by atoms with Crippen molar-refractivity contribution in [2.45, 2.75) is 13.5 Å². The monoisotopic (exact) mass is 211 g/mol. The van der Waals surface area contributed by atoms with Crippen LogP contribution < -0.4 is 4.90 Å². The predicted octanol–water partition coefficient (Wildman–Crippen LogP) is 0.442. The van der Waals surface area contributed by atoms with E-state index in [2.05, 4.69) is 21.8 Å². The largest absolute Gasteiger partial charge is 0.390 e. The van der Waals surface area contributed by atoms with Crippen molar-refractivity contribution < 1.29 is 9.84 Å². The summed E-state index contributed by atoms with van der Waals surface area (Å²) in [4.78, 5) is 10.4. The van der Waals surface area contributed by atoms with Crippen molar-refractivity contribution in [3.05, 3.63) is 18.1 Å². The summed E-state index contributed by atoms with van der Waals surface area (Å²) < 4.78 is 5.01. The lowest BCUT2D eigenvalue weighted by Crippen LogP contribution is -2.27. The molecule has 0 aliphatic heterocycles. The van der Waals surface area contributed by atoms with E-state index >= 15 is 0 Å². The number of rotatable bonds is 6. The van der Waals surface area contributed by atoms with Crippen molar-refractivity contribution in [2.24, 2.45) is 0 Å². The number of aliphatic hydroxyl groups excluding tert-OH is 1. The predicted molar refractivity (Wildman–Crippen MR) is 57.7 cm³/mol. The minimum Gasteiger partial charge on any atom is -0.390 e. The Morgan fingerprint density at radius 3 is 2.67 bits per heavy atom. The second-order valence-corrected chi connectivity index (χ2v) is 3.10. The Morgan fingerprint density at radius 2 is 2.20 bits per heavy atom. The Labute approximate surface area is 89.7 Å². The molecule has 0 radical (unpaired) electrons. The van der Waals surface area contributed by atoms with Crippen molar-refractivity contribution in [1.29, 1.82) is 0 Å². The molecule has 0 fully saturated rings. The van der Waals surface area contributed by atoms with Crippen molar-refractivity contribution in [3.8, 4) is 0 Å². The van der Waals surface area contributed by atoms with Crippen LogP contribution in [0.25, 0.3) is 0 Å². The highest BCUT2D eigenvalue weighted by molar-refractivity contribution is 5.35. The van der Waals surface area contributed by atoms with Gasteiger partial charge in [-0.25, -0.2) is 4.98 Å². The number of nitrogens with zero attached hydrogens (tertiary/aromatic N) is 3. The number of aliphatic hydroxyl groups is 1. The molecular weight excluding hydrogens is 194 g/mol. The molecule has 15 heavy (non-hydrogen) atoms. The van der Waals surface area contributed by atoms with Gasteiger partial charge in [0, 0.05) is 20.2 Å². The van der Waals surface area contributed by atoms with Gasteiger partial charge in [-0.1, -0.05) is 0 Å². The van der Waals surface area contributed by atoms with E-state index in [0.29, 0.717) is 12.3 Å². The van der Waals surface area contributed by atoms with E-state index in [0.717, 1.165) is 18.9 Å². The fourth-order valence-corrected chi connectivity index (χ4v) is 1.23. The summed E-state index contributed by atoms with van der Waals surface area (Å²) in [6.45, 7) is 4.29. The molecule has 0 unspecified atom stereocenters. The Bertz CT molecular complexity index is 277. The van der Waals surface area contributed by atoms with Gasteiger partial charge in [0.2, 0.25) is 0 Å². The summed E-state index contributed by atoms with van der Waals surface area (Å²) in [5.74, 6) is 0.812. The molecule has 1 aromatic heterocycles. The smallest absolute Gasteiger partial charge is 0.147 e. The molecule has 0 aliphatic rings. The summed E-state index contributed by atoms with van der Waals surface area (Å²) >= 11 is 0. The summed E-state index contributed by atoms with van der Waals surface area (Å²) in [6.07, 6.45) is 3.26. The lowest BCUT2D eigenvalue weighted by Gasteiger charge is -2.20. The molecule has 84 valence electrons. The first-order valence-electron chi connectivity index (χ1n) is 4.97. The Hall–Kier alpha value is -1.20. The third kappa shape index (κ3) is 3.45. The highest BCUT2D eigenvalue weighted by atomic mass is 16.5. The zero-order chi connectivity index (χ0) is 11.1. The number of hydrogen-bond acceptors (Lipinski definition) is 5. The SMILES string of the molecule is CCN(CCOC)c1cnc(CO)cn1. The summed E-state index contributed by atoms with van der Waals surface area (Å²) in [5.41, 5.74) is 0.585. The second-order valence-electron chi connectivity index (χ2n) is 3.10. The number of methoxy groups -OCH3 is 1. The van der Waals surface area contributed by atoms with E-state index in [1.165, 1.54) is 0 Å². The fraction of sp³-hybridized carbons (Fsp3) is 0.600. The van der Waals surface area contributed by atoms with Crippen LogP contribution in [0.3, 0.4) is 0 Å². The Kier molecular flexibility index (Phi) is 5.00. The molecular formula is C10H17N3O2. The molecule has 0 bridgehead atoms. The molecule has 5 heteroatoms. The first kappa shape index (κ1) is 11.9. The number of hydrogen-bond donors (Lipinski definition) is 1. The van der Waals surface area contributed by atoms with Gasteiger partial charge in [-0.15, -0.1) is 0 Å². The van der Waals surface area contributed by atoms with Crippen molar-refractivity contribution in [1.82, 2.24) is 9.97 Å². The van der Waals surface area contributed by atoms with Gasteiger partial charge >= 0.3 is 0 Å². The minimum absolute atomic E-state index is 0.0719. The van der Waals surface area contributed by atoms with Crippen LogP contribution >= 0.6 is 0 Å². The van der Waals surface area contributed by atoms with Gasteiger partial charge in [0.05, 0.1) is 31.3 Å². The first-order valence-corrected chi connectivity index (χ1v) is 4.97. The van der Waals surface area contributed by atoms with Crippen molar-refractivity contribution in [2.75, 3.05) is 31.7 Å². The maximum atomic E-state index is 8.83. The quantitative estimate of drug-likeness (QED) is 0.740. The maximum absolute atomic E-state index is 8.83. The van der Waals surface area contributed by atoms with Crippen LogP contribution in [0.15, 0.2) is 12.4 Å².